The maximum atomic E-state index is 4.07. The molecule has 1 unspecified atom stereocenters. The number of hydrogen-bond acceptors (Lipinski definition) is 4. The molecule has 1 fully saturated rings. The lowest BCUT2D eigenvalue weighted by molar-refractivity contribution is 0.833. The van der Waals surface area contributed by atoms with Gasteiger partial charge in [0.15, 0.2) is 0 Å². The van der Waals surface area contributed by atoms with Crippen LogP contribution < -0.4 is 5.43 Å². The van der Waals surface area contributed by atoms with E-state index in [2.05, 4.69) is 20.8 Å². The molecule has 0 aromatic heterocycles. The van der Waals surface area contributed by atoms with E-state index in [1.165, 1.54) is 0 Å². The molecule has 2 atom stereocenters. The van der Waals surface area contributed by atoms with Crippen LogP contribution in [0.15, 0.2) is 15.3 Å². The van der Waals surface area contributed by atoms with E-state index in [9.17, 15) is 0 Å². The zero-order valence-electron chi connectivity index (χ0n) is 4.28. The zero-order chi connectivity index (χ0) is 5.40. The number of hydrogen-bond donors (Lipinski definition) is 1. The average molecular weight is 110 g/mol. The molecule has 42 valence electrons. The van der Waals surface area contributed by atoms with Crippen molar-refractivity contribution in [2.75, 3.05) is 0 Å². The molecule has 0 aromatic carbocycles. The van der Waals surface area contributed by atoms with E-state index in [4.69, 9.17) is 0 Å². The Hall–Kier alpha value is -0.930. The van der Waals surface area contributed by atoms with Crippen molar-refractivity contribution in [3.05, 3.63) is 0 Å². The largest absolute Gasteiger partial charge is 0.268 e. The van der Waals surface area contributed by atoms with Gasteiger partial charge in [-0.05, 0) is 6.42 Å². The highest BCUT2D eigenvalue weighted by molar-refractivity contribution is 5.54. The Bertz CT molecular complexity index is 134. The lowest BCUT2D eigenvalue weighted by Crippen LogP contribution is -1.98. The maximum Gasteiger partial charge on any atom is 0.105 e. The monoisotopic (exact) mass is 110 g/mol. The molecule has 4 heteroatoms. The van der Waals surface area contributed by atoms with Crippen LogP contribution in [0.5, 0.6) is 0 Å². The molecule has 1 N–H and O–H groups in total. The van der Waals surface area contributed by atoms with Crippen LogP contribution in [0.4, 0.5) is 0 Å². The minimum absolute atomic E-state index is 0.390. The van der Waals surface area contributed by atoms with Crippen molar-refractivity contribution >= 4 is 6.34 Å². The minimum atomic E-state index is 0.390. The molecule has 8 heavy (non-hydrogen) atoms. The summed E-state index contributed by atoms with van der Waals surface area (Å²) in [6.07, 6.45) is 2.68. The van der Waals surface area contributed by atoms with Gasteiger partial charge in [-0.15, -0.1) is 0 Å². The second kappa shape index (κ2) is 1.27. The highest BCUT2D eigenvalue weighted by atomic mass is 15.4. The first kappa shape index (κ1) is 4.00. The van der Waals surface area contributed by atoms with Crippen LogP contribution in [0.1, 0.15) is 6.42 Å². The van der Waals surface area contributed by atoms with Crippen LogP contribution in [0.2, 0.25) is 0 Å². The highest BCUT2D eigenvalue weighted by Crippen LogP contribution is 2.29. The van der Waals surface area contributed by atoms with Crippen molar-refractivity contribution in [2.45, 2.75) is 18.5 Å². The number of nitrogens with zero attached hydrogens (tertiary/aromatic N) is 3. The van der Waals surface area contributed by atoms with Gasteiger partial charge in [-0.3, -0.25) is 4.99 Å². The van der Waals surface area contributed by atoms with Crippen LogP contribution in [-0.2, 0) is 0 Å². The molecule has 0 spiro atoms. The van der Waals surface area contributed by atoms with Gasteiger partial charge < -0.3 is 0 Å². The molecule has 1 aliphatic carbocycles. The summed E-state index contributed by atoms with van der Waals surface area (Å²) in [7, 11) is 0. The molecule has 1 saturated carbocycles. The predicted molar refractivity (Wildman–Crippen MR) is 28.7 cm³/mol. The first-order chi connectivity index (χ1) is 3.97. The fourth-order valence-corrected chi connectivity index (χ4v) is 0.716. The van der Waals surface area contributed by atoms with Crippen LogP contribution in [0.25, 0.3) is 0 Å². The quantitative estimate of drug-likeness (QED) is 0.473. The van der Waals surface area contributed by atoms with Gasteiger partial charge in [-0.1, -0.05) is 5.22 Å². The van der Waals surface area contributed by atoms with E-state index in [0.717, 1.165) is 6.42 Å². The Labute approximate surface area is 46.7 Å². The molecule has 0 amide bonds. The van der Waals surface area contributed by atoms with Gasteiger partial charge in [0.1, 0.15) is 6.34 Å². The SMILES string of the molecule is C1=N[C@@H]2CC2N=NN1. The van der Waals surface area contributed by atoms with E-state index in [0.29, 0.717) is 12.1 Å². The second-order valence-electron chi connectivity index (χ2n) is 1.99. The Morgan fingerprint density at radius 2 is 2.50 bits per heavy atom. The molecule has 0 radical (unpaired) electrons. The molecular weight excluding hydrogens is 104 g/mol. The average Bonchev–Trinajstić information content (AvgIpc) is 2.36. The standard InChI is InChI=1S/C4H6N4/c1-3-4(1)7-8-6-2-5-3/h2-4H,1H2,(H,5,6,7)/t3-,4?/m1/s1. The van der Waals surface area contributed by atoms with Gasteiger partial charge in [0.2, 0.25) is 0 Å². The molecular formula is C4H6N4. The van der Waals surface area contributed by atoms with Crippen LogP contribution in [0.3, 0.4) is 0 Å². The van der Waals surface area contributed by atoms with Crippen LogP contribution >= 0.6 is 0 Å². The molecule has 2 aliphatic rings. The summed E-state index contributed by atoms with van der Waals surface area (Å²) in [5.41, 5.74) is 2.57. The Balaban J connectivity index is 2.17. The van der Waals surface area contributed by atoms with Gasteiger partial charge in [-0.25, -0.2) is 5.43 Å². The first-order valence-corrected chi connectivity index (χ1v) is 2.64. The Kier molecular flexibility index (Phi) is 0.637. The smallest absolute Gasteiger partial charge is 0.105 e. The number of fused-ring (bicyclic) bond motifs is 1. The van der Waals surface area contributed by atoms with Gasteiger partial charge in [0.05, 0.1) is 12.1 Å². The number of aliphatic imine (C=N–C) groups is 1. The van der Waals surface area contributed by atoms with Crippen molar-refractivity contribution in [3.8, 4) is 0 Å². The van der Waals surface area contributed by atoms with Gasteiger partial charge >= 0.3 is 0 Å². The van der Waals surface area contributed by atoms with Gasteiger partial charge in [-0.2, -0.15) is 5.11 Å². The van der Waals surface area contributed by atoms with Gasteiger partial charge in [0.25, 0.3) is 0 Å². The summed E-state index contributed by atoms with van der Waals surface area (Å²) in [5, 5.41) is 7.51. The minimum Gasteiger partial charge on any atom is -0.268 e. The lowest BCUT2D eigenvalue weighted by Gasteiger charge is -1.79. The molecule has 0 aromatic rings. The molecule has 2 rings (SSSR count). The summed E-state index contributed by atoms with van der Waals surface area (Å²) in [5.74, 6) is 0. The lowest BCUT2D eigenvalue weighted by atomic mass is 10.7. The van der Waals surface area contributed by atoms with Crippen LogP contribution in [0, 0.1) is 0 Å². The third-order valence-corrected chi connectivity index (χ3v) is 1.31. The zero-order valence-corrected chi connectivity index (χ0v) is 4.28. The molecule has 1 aliphatic heterocycles. The van der Waals surface area contributed by atoms with E-state index in [1.807, 2.05) is 0 Å². The number of rotatable bonds is 0. The van der Waals surface area contributed by atoms with Crippen molar-refractivity contribution < 1.29 is 0 Å². The topological polar surface area (TPSA) is 49.1 Å². The number of nitrogens with one attached hydrogen (secondary N) is 1. The van der Waals surface area contributed by atoms with Gasteiger partial charge in [0, 0.05) is 0 Å². The van der Waals surface area contributed by atoms with Crippen molar-refractivity contribution in [1.82, 2.24) is 5.43 Å². The molecule has 1 heterocycles. The van der Waals surface area contributed by atoms with Crippen molar-refractivity contribution in [1.29, 1.82) is 0 Å². The Morgan fingerprint density at radius 3 is 3.50 bits per heavy atom. The summed E-state index contributed by atoms with van der Waals surface area (Å²) >= 11 is 0. The molecule has 0 bridgehead atoms. The maximum absolute atomic E-state index is 4.07. The molecule has 4 nitrogen and oxygen atoms in total. The van der Waals surface area contributed by atoms with E-state index >= 15 is 0 Å². The van der Waals surface area contributed by atoms with Crippen molar-refractivity contribution in [2.24, 2.45) is 15.3 Å². The van der Waals surface area contributed by atoms with E-state index in [1.54, 1.807) is 6.34 Å². The van der Waals surface area contributed by atoms with Crippen molar-refractivity contribution in [3.63, 3.8) is 0 Å². The summed E-state index contributed by atoms with van der Waals surface area (Å²) in [6.45, 7) is 0. The predicted octanol–water partition coefficient (Wildman–Crippen LogP) is 0.126. The second-order valence-corrected chi connectivity index (χ2v) is 1.99. The molecule has 0 saturated heterocycles. The summed E-state index contributed by atoms with van der Waals surface area (Å²) in [4.78, 5) is 4.07. The Morgan fingerprint density at radius 1 is 1.50 bits per heavy atom. The summed E-state index contributed by atoms with van der Waals surface area (Å²) < 4.78 is 0. The third kappa shape index (κ3) is 0.492. The van der Waals surface area contributed by atoms with Crippen LogP contribution in [-0.4, -0.2) is 18.4 Å². The fraction of sp³-hybridized carbons (Fsp3) is 0.750. The summed E-state index contributed by atoms with van der Waals surface area (Å²) in [6, 6.07) is 0.829. The highest BCUT2D eigenvalue weighted by Gasteiger charge is 2.37. The fourth-order valence-electron chi connectivity index (χ4n) is 0.716. The van der Waals surface area contributed by atoms with E-state index < -0.39 is 0 Å². The van der Waals surface area contributed by atoms with E-state index in [-0.39, 0.29) is 0 Å². The normalized spacial score (nSPS) is 40.0. The third-order valence-electron chi connectivity index (χ3n) is 1.31. The first-order valence-electron chi connectivity index (χ1n) is 2.64.